The number of esters is 1. The number of nitrogens with one attached hydrogen (secondary N) is 1. The molecule has 5 nitrogen and oxygen atoms in total. The smallest absolute Gasteiger partial charge is 0.329 e. The van der Waals surface area contributed by atoms with Crippen molar-refractivity contribution in [2.24, 2.45) is 0 Å². The molecular formula is C22H18N2O3S. The van der Waals surface area contributed by atoms with E-state index in [2.05, 4.69) is 5.32 Å². The molecule has 1 N–H and O–H groups in total. The van der Waals surface area contributed by atoms with E-state index in [1.807, 2.05) is 41.8 Å². The van der Waals surface area contributed by atoms with Gasteiger partial charge >= 0.3 is 5.97 Å². The fourth-order valence-corrected chi connectivity index (χ4v) is 3.24. The Labute approximate surface area is 167 Å². The molecule has 2 aromatic carbocycles. The highest BCUT2D eigenvalue weighted by atomic mass is 32.1. The van der Waals surface area contributed by atoms with Crippen LogP contribution in [0.3, 0.4) is 0 Å². The summed E-state index contributed by atoms with van der Waals surface area (Å²) >= 11 is 1.31. The molecule has 0 fully saturated rings. The molecule has 1 atom stereocenters. The van der Waals surface area contributed by atoms with Crippen LogP contribution in [0.5, 0.6) is 0 Å². The molecule has 1 amide bonds. The number of ether oxygens (including phenoxy) is 1. The Bertz CT molecular complexity index is 961. The lowest BCUT2D eigenvalue weighted by atomic mass is 10.1. The largest absolute Gasteiger partial charge is 0.459 e. The van der Waals surface area contributed by atoms with Crippen LogP contribution in [0.25, 0.3) is 0 Å². The third-order valence-electron chi connectivity index (χ3n) is 4.08. The highest BCUT2D eigenvalue weighted by molar-refractivity contribution is 7.12. The molecule has 0 aliphatic heterocycles. The van der Waals surface area contributed by atoms with Gasteiger partial charge in [-0.15, -0.1) is 11.3 Å². The van der Waals surface area contributed by atoms with Crippen LogP contribution in [0.4, 0.5) is 0 Å². The molecule has 0 spiro atoms. The van der Waals surface area contributed by atoms with E-state index < -0.39 is 12.0 Å². The minimum Gasteiger partial charge on any atom is -0.459 e. The van der Waals surface area contributed by atoms with Crippen LogP contribution < -0.4 is 5.32 Å². The second-order valence-electron chi connectivity index (χ2n) is 6.11. The first-order valence-corrected chi connectivity index (χ1v) is 9.57. The van der Waals surface area contributed by atoms with Crippen molar-refractivity contribution in [1.82, 2.24) is 5.32 Å². The van der Waals surface area contributed by atoms with Gasteiger partial charge in [0.1, 0.15) is 12.6 Å². The molecule has 0 saturated carbocycles. The molecule has 0 aliphatic rings. The molecule has 1 aromatic heterocycles. The summed E-state index contributed by atoms with van der Waals surface area (Å²) in [6.07, 6.45) is 0.337. The van der Waals surface area contributed by atoms with Gasteiger partial charge in [0.25, 0.3) is 5.91 Å². The maximum absolute atomic E-state index is 12.7. The van der Waals surface area contributed by atoms with Gasteiger partial charge in [-0.2, -0.15) is 5.26 Å². The van der Waals surface area contributed by atoms with Crippen LogP contribution in [-0.4, -0.2) is 17.9 Å². The third-order valence-corrected chi connectivity index (χ3v) is 4.95. The quantitative estimate of drug-likeness (QED) is 0.624. The minimum atomic E-state index is -0.796. The number of thiophene rings is 1. The first-order chi connectivity index (χ1) is 13.7. The molecule has 6 heteroatoms. The number of carbonyl (C=O) groups excluding carboxylic acids is 2. The van der Waals surface area contributed by atoms with Crippen LogP contribution in [0, 0.1) is 11.3 Å². The number of nitrogens with zero attached hydrogens (tertiary/aromatic N) is 1. The fraction of sp³-hybridized carbons (Fsp3) is 0.136. The Kier molecular flexibility index (Phi) is 6.55. The summed E-state index contributed by atoms with van der Waals surface area (Å²) in [5.41, 5.74) is 2.24. The number of amides is 1. The minimum absolute atomic E-state index is 0.0741. The van der Waals surface area contributed by atoms with Crippen molar-refractivity contribution in [1.29, 1.82) is 5.26 Å². The molecule has 0 aliphatic carbocycles. The van der Waals surface area contributed by atoms with E-state index in [1.54, 1.807) is 36.4 Å². The number of benzene rings is 2. The molecule has 28 heavy (non-hydrogen) atoms. The molecule has 0 radical (unpaired) electrons. The molecule has 0 bridgehead atoms. The van der Waals surface area contributed by atoms with Gasteiger partial charge in [-0.05, 0) is 34.7 Å². The van der Waals surface area contributed by atoms with E-state index >= 15 is 0 Å². The zero-order valence-electron chi connectivity index (χ0n) is 15.0. The number of hydrogen-bond acceptors (Lipinski definition) is 5. The van der Waals surface area contributed by atoms with Crippen molar-refractivity contribution in [2.45, 2.75) is 19.1 Å². The lowest BCUT2D eigenvalue weighted by Gasteiger charge is -2.17. The summed E-state index contributed by atoms with van der Waals surface area (Å²) in [6, 6.07) is 21.0. The van der Waals surface area contributed by atoms with Gasteiger partial charge < -0.3 is 10.1 Å². The van der Waals surface area contributed by atoms with Gasteiger partial charge in [0.15, 0.2) is 0 Å². The summed E-state index contributed by atoms with van der Waals surface area (Å²) in [5.74, 6) is -0.802. The topological polar surface area (TPSA) is 79.2 Å². The Morgan fingerprint density at radius 2 is 1.75 bits per heavy atom. The van der Waals surface area contributed by atoms with Gasteiger partial charge in [0.2, 0.25) is 0 Å². The lowest BCUT2D eigenvalue weighted by Crippen LogP contribution is -2.43. The van der Waals surface area contributed by atoms with E-state index in [0.717, 1.165) is 11.1 Å². The zero-order valence-corrected chi connectivity index (χ0v) is 15.8. The Hall–Kier alpha value is -3.43. The summed E-state index contributed by atoms with van der Waals surface area (Å²) in [5, 5.41) is 13.4. The molecule has 1 heterocycles. The summed E-state index contributed by atoms with van der Waals surface area (Å²) < 4.78 is 5.42. The summed E-state index contributed by atoms with van der Waals surface area (Å²) in [6.45, 7) is 0.0741. The van der Waals surface area contributed by atoms with E-state index in [1.165, 1.54) is 11.3 Å². The molecule has 3 rings (SSSR count). The average Bonchev–Trinajstić information content (AvgIpc) is 3.28. The van der Waals surface area contributed by atoms with E-state index in [0.29, 0.717) is 16.9 Å². The van der Waals surface area contributed by atoms with E-state index in [-0.39, 0.29) is 12.5 Å². The monoisotopic (exact) mass is 390 g/mol. The fourth-order valence-electron chi connectivity index (χ4n) is 2.61. The number of rotatable bonds is 7. The number of nitriles is 1. The third kappa shape index (κ3) is 5.29. The average molecular weight is 390 g/mol. The first-order valence-electron chi connectivity index (χ1n) is 8.69. The standard InChI is InChI=1S/C22H18N2O3S/c23-14-17-8-10-18(11-9-17)15-27-22(26)19(13-16-5-2-1-3-6-16)24-21(25)20-7-4-12-28-20/h1-12,19H,13,15H2,(H,24,25)/t19-/m1/s1. The van der Waals surface area contributed by atoms with Gasteiger partial charge in [-0.3, -0.25) is 4.79 Å². The first kappa shape index (κ1) is 19.3. The van der Waals surface area contributed by atoms with Crippen molar-refractivity contribution in [3.63, 3.8) is 0 Å². The van der Waals surface area contributed by atoms with Crippen LogP contribution in [0.2, 0.25) is 0 Å². The van der Waals surface area contributed by atoms with Gasteiger partial charge in [-0.25, -0.2) is 4.79 Å². The van der Waals surface area contributed by atoms with Crippen molar-refractivity contribution in [2.75, 3.05) is 0 Å². The van der Waals surface area contributed by atoms with Gasteiger partial charge in [0, 0.05) is 6.42 Å². The lowest BCUT2D eigenvalue weighted by molar-refractivity contribution is -0.147. The van der Waals surface area contributed by atoms with Gasteiger partial charge in [0.05, 0.1) is 16.5 Å². The van der Waals surface area contributed by atoms with Crippen molar-refractivity contribution in [3.8, 4) is 6.07 Å². The van der Waals surface area contributed by atoms with Crippen LogP contribution >= 0.6 is 11.3 Å². The second-order valence-corrected chi connectivity index (χ2v) is 7.06. The highest BCUT2D eigenvalue weighted by Crippen LogP contribution is 2.12. The summed E-state index contributed by atoms with van der Waals surface area (Å²) in [7, 11) is 0. The predicted octanol–water partition coefficient (Wildman–Crippen LogP) is 3.70. The van der Waals surface area contributed by atoms with Crippen molar-refractivity contribution >= 4 is 23.2 Å². The van der Waals surface area contributed by atoms with Crippen LogP contribution in [-0.2, 0) is 22.6 Å². The maximum atomic E-state index is 12.7. The zero-order chi connectivity index (χ0) is 19.8. The number of hydrogen-bond donors (Lipinski definition) is 1. The highest BCUT2D eigenvalue weighted by Gasteiger charge is 2.24. The second kappa shape index (κ2) is 9.49. The predicted molar refractivity (Wildman–Crippen MR) is 107 cm³/mol. The van der Waals surface area contributed by atoms with Crippen LogP contribution in [0.15, 0.2) is 72.1 Å². The van der Waals surface area contributed by atoms with E-state index in [4.69, 9.17) is 10.00 Å². The van der Waals surface area contributed by atoms with Crippen molar-refractivity contribution in [3.05, 3.63) is 93.7 Å². The number of carbonyl (C=O) groups is 2. The molecule has 0 unspecified atom stereocenters. The van der Waals surface area contributed by atoms with E-state index in [9.17, 15) is 9.59 Å². The Morgan fingerprint density at radius 3 is 2.39 bits per heavy atom. The van der Waals surface area contributed by atoms with Gasteiger partial charge in [-0.1, -0.05) is 48.5 Å². The SMILES string of the molecule is N#Cc1ccc(COC(=O)[C@@H](Cc2ccccc2)NC(=O)c2cccs2)cc1. The van der Waals surface area contributed by atoms with Crippen molar-refractivity contribution < 1.29 is 14.3 Å². The molecule has 0 saturated heterocycles. The molecule has 140 valence electrons. The Balaban J connectivity index is 1.68. The normalized spacial score (nSPS) is 11.2. The maximum Gasteiger partial charge on any atom is 0.329 e. The molecule has 3 aromatic rings. The Morgan fingerprint density at radius 1 is 1.00 bits per heavy atom. The molecular weight excluding hydrogens is 372 g/mol. The van der Waals surface area contributed by atoms with Crippen LogP contribution in [0.1, 0.15) is 26.4 Å². The summed E-state index contributed by atoms with van der Waals surface area (Å²) in [4.78, 5) is 25.6.